The molecule has 0 saturated heterocycles. The summed E-state index contributed by atoms with van der Waals surface area (Å²) in [6.45, 7) is 2.42. The first-order chi connectivity index (χ1) is 55.2. The lowest BCUT2D eigenvalue weighted by atomic mass is 10.1. The molecular formula is C95H158O16P2. The summed E-state index contributed by atoms with van der Waals surface area (Å²) in [5.74, 6) is -1.60. The third-order valence-electron chi connectivity index (χ3n) is 18.1. The number of allylic oxidation sites excluding steroid dienone is 30. The number of phosphoric acid groups is 2. The average molecular weight is 1620 g/mol. The van der Waals surface area contributed by atoms with Crippen LogP contribution in [0, 0.1) is 0 Å². The van der Waals surface area contributed by atoms with Gasteiger partial charge in [-0.2, -0.15) is 0 Å². The Morgan fingerprint density at radius 2 is 0.469 bits per heavy atom. The van der Waals surface area contributed by atoms with Crippen molar-refractivity contribution in [2.24, 2.45) is 0 Å². The van der Waals surface area contributed by atoms with Crippen LogP contribution in [0.25, 0.3) is 0 Å². The van der Waals surface area contributed by atoms with Gasteiger partial charge in [-0.3, -0.25) is 32.5 Å². The van der Waals surface area contributed by atoms with Gasteiger partial charge in [0.15, 0.2) is 6.10 Å². The van der Waals surface area contributed by atoms with Crippen molar-refractivity contribution in [3.05, 3.63) is 182 Å². The van der Waals surface area contributed by atoms with Crippen molar-refractivity contribution >= 4 is 33.6 Å². The highest BCUT2D eigenvalue weighted by atomic mass is 31.2. The fraction of sp³-hybridized carbons (Fsp3) is 0.653. The molecular weight excluding hydrogens is 1460 g/mol. The summed E-state index contributed by atoms with van der Waals surface area (Å²) in [5, 5.41) is 20.7. The molecule has 644 valence electrons. The summed E-state index contributed by atoms with van der Waals surface area (Å²) in [6, 6.07) is 0. The van der Waals surface area contributed by atoms with Crippen LogP contribution in [0.15, 0.2) is 182 Å². The standard InChI is InChI=1S/C95H158O16P2/c1-4-7-10-13-16-19-22-25-28-31-34-36-38-40-42-44-46-48-50-52-55-57-60-63-66-69-72-75-78-81-93(98)105-84-90(96)85-107-112(101,102)108-86-91(97)87-109-113(103,104)110-89-92(111-95(100)83-80-77-74-71-68-65-62-59-54-33-30-27-24-21-18-15-12-9-6-3)88-106-94(99)82-79-76-73-70-67-64-61-58-56-53-51-49-47-45-43-41-39-37-35-32-29-26-23-20-17-14-11-8-5-2/h7-8,10-11,16-21,25-30,34-37,40-43,46-49,54,59,90-92,96-97H,4-6,9,12-15,22-24,31-33,38-39,44-45,50-53,55-58,60-89H2,1-3H3,(H,101,102)(H,103,104)/b10-7-,11-8-,19-16-,20-17-,21-18-,28-25-,29-26-,30-27-,36-34-,37-35-,42-40-,43-41-,48-46-,49-47-,59-54-. The Morgan fingerprint density at radius 1 is 0.257 bits per heavy atom. The Kier molecular flexibility index (Phi) is 81.9. The Bertz CT molecular complexity index is 2780. The molecule has 0 heterocycles. The fourth-order valence-corrected chi connectivity index (χ4v) is 13.1. The molecule has 0 spiro atoms. The summed E-state index contributed by atoms with van der Waals surface area (Å²) in [5.41, 5.74) is 0. The number of esters is 3. The molecule has 18 heteroatoms. The van der Waals surface area contributed by atoms with E-state index in [1.54, 1.807) is 0 Å². The van der Waals surface area contributed by atoms with Crippen molar-refractivity contribution in [3.8, 4) is 0 Å². The molecule has 0 aliphatic rings. The molecule has 113 heavy (non-hydrogen) atoms. The molecule has 0 aromatic carbocycles. The predicted molar refractivity (Wildman–Crippen MR) is 472 cm³/mol. The number of hydrogen-bond donors (Lipinski definition) is 4. The van der Waals surface area contributed by atoms with E-state index in [2.05, 4.69) is 203 Å². The second-order valence-corrected chi connectivity index (χ2v) is 31.8. The number of carbonyl (C=O) groups excluding carboxylic acids is 3. The molecule has 5 atom stereocenters. The highest BCUT2D eigenvalue weighted by molar-refractivity contribution is 7.47. The quantitative estimate of drug-likeness (QED) is 0.0146. The molecule has 0 aromatic rings. The van der Waals surface area contributed by atoms with Gasteiger partial charge in [0, 0.05) is 19.3 Å². The zero-order valence-corrected chi connectivity index (χ0v) is 72.5. The summed E-state index contributed by atoms with van der Waals surface area (Å²) in [6.07, 6.45) is 112. The van der Waals surface area contributed by atoms with Gasteiger partial charge in [-0.25, -0.2) is 9.13 Å². The zero-order valence-electron chi connectivity index (χ0n) is 70.7. The van der Waals surface area contributed by atoms with Crippen LogP contribution in [-0.2, 0) is 55.8 Å². The van der Waals surface area contributed by atoms with Crippen molar-refractivity contribution in [2.75, 3.05) is 39.6 Å². The number of hydrogen-bond acceptors (Lipinski definition) is 14. The lowest BCUT2D eigenvalue weighted by molar-refractivity contribution is -0.161. The van der Waals surface area contributed by atoms with Crippen LogP contribution in [0.1, 0.15) is 342 Å². The second kappa shape index (κ2) is 86.0. The minimum absolute atomic E-state index is 0.0839. The van der Waals surface area contributed by atoms with Gasteiger partial charge < -0.3 is 34.2 Å². The van der Waals surface area contributed by atoms with Crippen molar-refractivity contribution in [3.63, 3.8) is 0 Å². The van der Waals surface area contributed by atoms with Gasteiger partial charge in [0.05, 0.1) is 26.4 Å². The maximum atomic E-state index is 13.0. The number of carbonyl (C=O) groups is 3. The summed E-state index contributed by atoms with van der Waals surface area (Å²) >= 11 is 0. The monoisotopic (exact) mass is 1620 g/mol. The van der Waals surface area contributed by atoms with Gasteiger partial charge in [0.25, 0.3) is 0 Å². The van der Waals surface area contributed by atoms with Gasteiger partial charge in [0.1, 0.15) is 25.4 Å². The smallest absolute Gasteiger partial charge is 0.463 e. The van der Waals surface area contributed by atoms with Crippen LogP contribution in [-0.4, -0.2) is 95.9 Å². The van der Waals surface area contributed by atoms with E-state index >= 15 is 0 Å². The molecule has 16 nitrogen and oxygen atoms in total. The van der Waals surface area contributed by atoms with E-state index in [4.69, 9.17) is 32.3 Å². The highest BCUT2D eigenvalue weighted by Crippen LogP contribution is 2.45. The van der Waals surface area contributed by atoms with E-state index < -0.39 is 91.5 Å². The molecule has 0 fully saturated rings. The van der Waals surface area contributed by atoms with Crippen molar-refractivity contribution < 1.29 is 75.8 Å². The van der Waals surface area contributed by atoms with Gasteiger partial charge in [-0.1, -0.05) is 344 Å². The van der Waals surface area contributed by atoms with Gasteiger partial charge in [-0.15, -0.1) is 0 Å². The first kappa shape index (κ1) is 108. The first-order valence-electron chi connectivity index (χ1n) is 44.1. The van der Waals surface area contributed by atoms with Gasteiger partial charge in [-0.05, 0) is 161 Å². The van der Waals surface area contributed by atoms with E-state index in [0.29, 0.717) is 19.3 Å². The molecule has 5 unspecified atom stereocenters. The van der Waals surface area contributed by atoms with E-state index in [1.807, 2.05) is 0 Å². The Balaban J connectivity index is 4.63. The molecule has 0 bridgehead atoms. The number of unbranched alkanes of at least 4 members (excludes halogenated alkanes) is 29. The van der Waals surface area contributed by atoms with E-state index in [-0.39, 0.29) is 19.3 Å². The minimum atomic E-state index is -4.95. The largest absolute Gasteiger partial charge is 0.472 e. The number of ether oxygens (including phenoxy) is 3. The maximum absolute atomic E-state index is 13.0. The fourth-order valence-electron chi connectivity index (χ4n) is 11.5. The lowest BCUT2D eigenvalue weighted by Gasteiger charge is -2.21. The molecule has 0 aromatic heterocycles. The Hall–Kier alpha value is -5.35. The number of aliphatic hydroxyl groups excluding tert-OH is 2. The van der Waals surface area contributed by atoms with Crippen LogP contribution >= 0.6 is 15.6 Å². The third-order valence-corrected chi connectivity index (χ3v) is 20.0. The third kappa shape index (κ3) is 87.3. The number of phosphoric ester groups is 2. The van der Waals surface area contributed by atoms with Crippen molar-refractivity contribution in [2.45, 2.75) is 360 Å². The van der Waals surface area contributed by atoms with Gasteiger partial charge in [0.2, 0.25) is 0 Å². The minimum Gasteiger partial charge on any atom is -0.463 e. The molecule has 4 N–H and O–H groups in total. The molecule has 0 radical (unpaired) electrons. The normalized spacial score (nSPS) is 14.7. The summed E-state index contributed by atoms with van der Waals surface area (Å²) in [4.78, 5) is 58.9. The average Bonchev–Trinajstić information content (AvgIpc) is 0.899. The van der Waals surface area contributed by atoms with Crippen LogP contribution in [0.5, 0.6) is 0 Å². The van der Waals surface area contributed by atoms with E-state index in [9.17, 15) is 43.5 Å². The van der Waals surface area contributed by atoms with E-state index in [1.165, 1.54) is 83.5 Å². The molecule has 0 amide bonds. The topological polar surface area (TPSA) is 231 Å². The SMILES string of the molecule is CC/C=C\C/C=C\C/C=C\C/C=C\C/C=C\C/C=C\CCCCCCCCCCCCC(=O)OCC(O)COP(=O)(O)OCC(O)COP(=O)(O)OCC(COC(=O)CCCCCCCCCCCC/C=C\C/C=C\C/C=C\C/C=C\C/C=C\C/C=C\CC)OC(=O)CCCCCCCC/C=C\C/C=C\C/C=C\CCCCC. The molecule has 0 rings (SSSR count). The maximum Gasteiger partial charge on any atom is 0.472 e. The predicted octanol–water partition coefficient (Wildman–Crippen LogP) is 26.9. The van der Waals surface area contributed by atoms with Crippen molar-refractivity contribution in [1.29, 1.82) is 0 Å². The number of aliphatic hydroxyl groups is 2. The van der Waals surface area contributed by atoms with Crippen LogP contribution < -0.4 is 0 Å². The summed E-state index contributed by atoms with van der Waals surface area (Å²) < 4.78 is 61.4. The highest BCUT2D eigenvalue weighted by Gasteiger charge is 2.29. The first-order valence-corrected chi connectivity index (χ1v) is 47.1. The van der Waals surface area contributed by atoms with Crippen LogP contribution in [0.2, 0.25) is 0 Å². The molecule has 0 saturated carbocycles. The molecule has 0 aliphatic carbocycles. The molecule has 0 aliphatic heterocycles. The van der Waals surface area contributed by atoms with E-state index in [0.717, 1.165) is 199 Å². The Labute approximate surface area is 687 Å². The van der Waals surface area contributed by atoms with Crippen molar-refractivity contribution in [1.82, 2.24) is 0 Å². The Morgan fingerprint density at radius 3 is 0.743 bits per heavy atom. The zero-order chi connectivity index (χ0) is 82.2. The lowest BCUT2D eigenvalue weighted by Crippen LogP contribution is -2.30. The summed E-state index contributed by atoms with van der Waals surface area (Å²) in [7, 11) is -9.82. The number of rotatable bonds is 82. The van der Waals surface area contributed by atoms with Gasteiger partial charge >= 0.3 is 33.6 Å². The second-order valence-electron chi connectivity index (χ2n) is 28.9. The van der Waals surface area contributed by atoms with Crippen LogP contribution in [0.3, 0.4) is 0 Å². The van der Waals surface area contributed by atoms with Crippen LogP contribution in [0.4, 0.5) is 0 Å².